The molecule has 0 saturated carbocycles. The number of sulfonamides is 1. The third-order valence-electron chi connectivity index (χ3n) is 6.57. The van der Waals surface area contributed by atoms with Gasteiger partial charge in [-0.3, -0.25) is 4.79 Å². The molecule has 9 nitrogen and oxygen atoms in total. The average Bonchev–Trinajstić information content (AvgIpc) is 3.48. The number of methoxy groups -OCH3 is 1. The monoisotopic (exact) mass is 550 g/mol. The van der Waals surface area contributed by atoms with E-state index in [0.29, 0.717) is 25.3 Å². The van der Waals surface area contributed by atoms with Crippen molar-refractivity contribution < 1.29 is 32.5 Å². The molecule has 4 rings (SSSR count). The summed E-state index contributed by atoms with van der Waals surface area (Å²) in [5.41, 5.74) is 1.09. The van der Waals surface area contributed by atoms with Gasteiger partial charge in [0.25, 0.3) is 5.91 Å². The van der Waals surface area contributed by atoms with Crippen LogP contribution in [0.1, 0.15) is 37.2 Å². The zero-order valence-electron chi connectivity index (χ0n) is 21.0. The van der Waals surface area contributed by atoms with Crippen LogP contribution in [0.4, 0.5) is 0 Å². The van der Waals surface area contributed by atoms with Gasteiger partial charge in [-0.15, -0.1) is 0 Å². The summed E-state index contributed by atoms with van der Waals surface area (Å²) in [6.45, 7) is 1.10. The van der Waals surface area contributed by atoms with E-state index in [2.05, 4.69) is 5.38 Å². The Labute approximate surface area is 222 Å². The number of allylic oxidation sites excluding steroid dienone is 1. The Bertz CT molecular complexity index is 1140. The van der Waals surface area contributed by atoms with Crippen LogP contribution in [0.15, 0.2) is 57.8 Å². The molecule has 1 aromatic heterocycles. The lowest BCUT2D eigenvalue weighted by Crippen LogP contribution is -2.40. The number of amides is 1. The van der Waals surface area contributed by atoms with Crippen LogP contribution in [-0.2, 0) is 24.3 Å². The van der Waals surface area contributed by atoms with Gasteiger partial charge in [0.2, 0.25) is 16.3 Å². The minimum Gasteiger partial charge on any atom is -0.497 e. The summed E-state index contributed by atoms with van der Waals surface area (Å²) in [6, 6.07) is 8.13. The molecule has 11 heteroatoms. The quantitative estimate of drug-likeness (QED) is 0.458. The van der Waals surface area contributed by atoms with Crippen molar-refractivity contribution >= 4 is 27.3 Å². The van der Waals surface area contributed by atoms with Crippen LogP contribution in [0.2, 0.25) is 0 Å². The van der Waals surface area contributed by atoms with Crippen LogP contribution < -0.4 is 4.74 Å². The van der Waals surface area contributed by atoms with Gasteiger partial charge in [-0.1, -0.05) is 0 Å². The molecule has 2 aromatic rings. The number of carbonyl (C=O) groups is 1. The van der Waals surface area contributed by atoms with Gasteiger partial charge in [-0.2, -0.15) is 15.6 Å². The molecule has 2 aliphatic heterocycles. The summed E-state index contributed by atoms with van der Waals surface area (Å²) in [5, 5.41) is 13.5. The van der Waals surface area contributed by atoms with E-state index < -0.39 is 16.3 Å². The number of carbonyl (C=O) groups excluding carboxylic acids is 1. The number of rotatable bonds is 11. The molecule has 37 heavy (non-hydrogen) atoms. The lowest BCUT2D eigenvalue weighted by atomic mass is 9.95. The molecule has 0 spiro atoms. The van der Waals surface area contributed by atoms with Gasteiger partial charge in [0.05, 0.1) is 25.2 Å². The second-order valence-electron chi connectivity index (χ2n) is 9.00. The molecule has 1 amide bonds. The second-order valence-corrected chi connectivity index (χ2v) is 11.7. The average molecular weight is 551 g/mol. The Morgan fingerprint density at radius 3 is 2.57 bits per heavy atom. The number of hydrogen-bond donors (Lipinski definition) is 1. The standard InChI is InChI=1S/C26H34N2O7S2/c1-33-22-5-7-23(8-6-22)37(31,32)28(12-14-29)13-15-34-25-18-21(20-9-16-36-19-20)17-24(35-25)26(30)27-10-3-2-4-11-27/h5-9,16-17,19,21,25,29H,2-4,10-15,18H2,1H3/t21-,25+/m1/s1. The van der Waals surface area contributed by atoms with Crippen molar-refractivity contribution in [3.63, 3.8) is 0 Å². The van der Waals surface area contributed by atoms with Crippen LogP contribution in [0.3, 0.4) is 0 Å². The molecule has 3 heterocycles. The first-order valence-electron chi connectivity index (χ1n) is 12.5. The van der Waals surface area contributed by atoms with E-state index in [1.54, 1.807) is 23.5 Å². The predicted octanol–water partition coefficient (Wildman–Crippen LogP) is 3.18. The third-order valence-corrected chi connectivity index (χ3v) is 9.19. The number of aliphatic hydroxyl groups excluding tert-OH is 1. The molecule has 1 saturated heterocycles. The third kappa shape index (κ3) is 6.91. The number of nitrogens with zero attached hydrogens (tertiary/aromatic N) is 2. The smallest absolute Gasteiger partial charge is 0.288 e. The predicted molar refractivity (Wildman–Crippen MR) is 140 cm³/mol. The van der Waals surface area contributed by atoms with Gasteiger partial charge < -0.3 is 24.2 Å². The Balaban J connectivity index is 1.42. The lowest BCUT2D eigenvalue weighted by molar-refractivity contribution is -0.153. The highest BCUT2D eigenvalue weighted by atomic mass is 32.2. The van der Waals surface area contributed by atoms with Gasteiger partial charge in [0, 0.05) is 38.5 Å². The summed E-state index contributed by atoms with van der Waals surface area (Å²) in [7, 11) is -2.34. The Hall–Kier alpha value is -2.44. The molecule has 1 N–H and O–H groups in total. The van der Waals surface area contributed by atoms with E-state index in [0.717, 1.165) is 24.8 Å². The Morgan fingerprint density at radius 2 is 1.92 bits per heavy atom. The maximum Gasteiger partial charge on any atom is 0.288 e. The van der Waals surface area contributed by atoms with Crippen LogP contribution in [0, 0.1) is 0 Å². The highest BCUT2D eigenvalue weighted by Crippen LogP contribution is 2.33. The zero-order chi connectivity index (χ0) is 26.3. The highest BCUT2D eigenvalue weighted by molar-refractivity contribution is 7.89. The number of ether oxygens (including phenoxy) is 3. The molecule has 1 aromatic carbocycles. The Kier molecular flexibility index (Phi) is 9.60. The van der Waals surface area contributed by atoms with E-state index in [9.17, 15) is 18.3 Å². The fraction of sp³-hybridized carbons (Fsp3) is 0.500. The first kappa shape index (κ1) is 27.6. The summed E-state index contributed by atoms with van der Waals surface area (Å²) in [6.07, 6.45) is 4.78. The minimum atomic E-state index is -3.85. The molecule has 1 fully saturated rings. The SMILES string of the molecule is COc1ccc(S(=O)(=O)N(CCO)CCO[C@@H]2C[C@H](c3ccsc3)C=C(C(=O)N3CCCCC3)O2)cc1. The van der Waals surface area contributed by atoms with Crippen molar-refractivity contribution in [2.75, 3.05) is 46.5 Å². The van der Waals surface area contributed by atoms with Gasteiger partial charge in [-0.25, -0.2) is 8.42 Å². The van der Waals surface area contributed by atoms with E-state index in [4.69, 9.17) is 14.2 Å². The number of benzene rings is 1. The van der Waals surface area contributed by atoms with Crippen molar-refractivity contribution in [2.45, 2.75) is 42.8 Å². The number of aliphatic hydroxyl groups is 1. The highest BCUT2D eigenvalue weighted by Gasteiger charge is 2.32. The van der Waals surface area contributed by atoms with Crippen molar-refractivity contribution in [2.24, 2.45) is 0 Å². The van der Waals surface area contributed by atoms with Crippen molar-refractivity contribution in [1.29, 1.82) is 0 Å². The van der Waals surface area contributed by atoms with Gasteiger partial charge in [-0.05, 0) is 72.0 Å². The summed E-state index contributed by atoms with van der Waals surface area (Å²) in [5.74, 6) is 0.670. The van der Waals surface area contributed by atoms with Gasteiger partial charge >= 0.3 is 0 Å². The topological polar surface area (TPSA) is 106 Å². The molecule has 0 bridgehead atoms. The number of likely N-dealkylation sites (tertiary alicyclic amines) is 1. The molecular formula is C26H34N2O7S2. The maximum atomic E-state index is 13.2. The van der Waals surface area contributed by atoms with Crippen LogP contribution >= 0.6 is 11.3 Å². The van der Waals surface area contributed by atoms with Gasteiger partial charge in [0.15, 0.2) is 5.76 Å². The molecule has 2 atom stereocenters. The Morgan fingerprint density at radius 1 is 1.16 bits per heavy atom. The second kappa shape index (κ2) is 12.9. The summed E-state index contributed by atoms with van der Waals surface area (Å²) in [4.78, 5) is 15.1. The molecule has 202 valence electrons. The maximum absolute atomic E-state index is 13.2. The first-order valence-corrected chi connectivity index (χ1v) is 14.9. The molecule has 0 aliphatic carbocycles. The number of piperidine rings is 1. The van der Waals surface area contributed by atoms with E-state index in [-0.39, 0.29) is 48.8 Å². The van der Waals surface area contributed by atoms with E-state index >= 15 is 0 Å². The fourth-order valence-electron chi connectivity index (χ4n) is 4.53. The normalized spacial score (nSPS) is 20.4. The summed E-state index contributed by atoms with van der Waals surface area (Å²) < 4.78 is 44.6. The van der Waals surface area contributed by atoms with Gasteiger partial charge in [0.1, 0.15) is 5.75 Å². The van der Waals surface area contributed by atoms with Crippen LogP contribution in [-0.4, -0.2) is 81.4 Å². The minimum absolute atomic E-state index is 0.0248. The van der Waals surface area contributed by atoms with Crippen LogP contribution in [0.5, 0.6) is 5.75 Å². The molecule has 2 aliphatic rings. The van der Waals surface area contributed by atoms with Crippen molar-refractivity contribution in [1.82, 2.24) is 9.21 Å². The fourth-order valence-corrected chi connectivity index (χ4v) is 6.67. The zero-order valence-corrected chi connectivity index (χ0v) is 22.6. The lowest BCUT2D eigenvalue weighted by Gasteiger charge is -2.33. The van der Waals surface area contributed by atoms with Crippen molar-refractivity contribution in [3.05, 3.63) is 58.5 Å². The molecular weight excluding hydrogens is 516 g/mol. The number of hydrogen-bond acceptors (Lipinski definition) is 8. The summed E-state index contributed by atoms with van der Waals surface area (Å²) >= 11 is 1.59. The van der Waals surface area contributed by atoms with Crippen molar-refractivity contribution in [3.8, 4) is 5.75 Å². The first-order chi connectivity index (χ1) is 17.9. The molecule has 0 radical (unpaired) electrons. The van der Waals surface area contributed by atoms with Crippen LogP contribution in [0.25, 0.3) is 0 Å². The molecule has 0 unspecified atom stereocenters. The van der Waals surface area contributed by atoms with E-state index in [1.165, 1.54) is 23.5 Å². The number of thiophene rings is 1. The largest absolute Gasteiger partial charge is 0.497 e. The van der Waals surface area contributed by atoms with E-state index in [1.807, 2.05) is 22.4 Å².